The van der Waals surface area contributed by atoms with E-state index < -0.39 is 34.4 Å². The van der Waals surface area contributed by atoms with Gasteiger partial charge in [-0.3, -0.25) is 9.10 Å². The number of anilines is 2. The van der Waals surface area contributed by atoms with Crippen LogP contribution in [0.2, 0.25) is 0 Å². The minimum atomic E-state index is -4.19. The summed E-state index contributed by atoms with van der Waals surface area (Å²) in [4.78, 5) is 37.4. The molecule has 0 saturated heterocycles. The fourth-order valence-corrected chi connectivity index (χ4v) is 4.95. The predicted octanol–water partition coefficient (Wildman–Crippen LogP) is 3.80. The molecular weight excluding hydrogens is 512 g/mol. The SMILES string of the molecule is CCOc1ccc(S(=O)(=O)N(CC(=O)Nc2cc(C(=O)OC)ccc2C(=O)OC)c2ccc(C)cc2)cc1. The number of hydrogen-bond donors (Lipinski definition) is 1. The van der Waals surface area contributed by atoms with Crippen LogP contribution < -0.4 is 14.4 Å². The third kappa shape index (κ3) is 6.48. The molecule has 38 heavy (non-hydrogen) atoms. The predicted molar refractivity (Wildman–Crippen MR) is 141 cm³/mol. The van der Waals surface area contributed by atoms with Crippen molar-refractivity contribution in [3.05, 3.63) is 83.4 Å². The van der Waals surface area contributed by atoms with Crippen molar-refractivity contribution in [1.82, 2.24) is 0 Å². The zero-order valence-corrected chi connectivity index (χ0v) is 22.2. The van der Waals surface area contributed by atoms with Crippen LogP contribution in [0.3, 0.4) is 0 Å². The average molecular weight is 541 g/mol. The molecule has 0 saturated carbocycles. The summed E-state index contributed by atoms with van der Waals surface area (Å²) in [6, 6.07) is 16.4. The monoisotopic (exact) mass is 540 g/mol. The molecular formula is C27H28N2O8S. The highest BCUT2D eigenvalue weighted by Gasteiger charge is 2.28. The van der Waals surface area contributed by atoms with Gasteiger partial charge in [-0.15, -0.1) is 0 Å². The van der Waals surface area contributed by atoms with E-state index in [2.05, 4.69) is 5.32 Å². The molecule has 0 heterocycles. The van der Waals surface area contributed by atoms with Gasteiger partial charge in [0.05, 0.1) is 48.2 Å². The highest BCUT2D eigenvalue weighted by Crippen LogP contribution is 2.26. The van der Waals surface area contributed by atoms with Gasteiger partial charge in [0.1, 0.15) is 12.3 Å². The van der Waals surface area contributed by atoms with Gasteiger partial charge in [0.2, 0.25) is 5.91 Å². The largest absolute Gasteiger partial charge is 0.494 e. The fourth-order valence-electron chi connectivity index (χ4n) is 3.53. The number of esters is 2. The Bertz CT molecular complexity index is 1420. The van der Waals surface area contributed by atoms with Gasteiger partial charge in [0.25, 0.3) is 10.0 Å². The van der Waals surface area contributed by atoms with Crippen LogP contribution >= 0.6 is 0 Å². The smallest absolute Gasteiger partial charge is 0.339 e. The van der Waals surface area contributed by atoms with Gasteiger partial charge in [0, 0.05) is 0 Å². The molecule has 3 rings (SSSR count). The molecule has 11 heteroatoms. The van der Waals surface area contributed by atoms with E-state index in [-0.39, 0.29) is 27.4 Å². The molecule has 0 aliphatic rings. The van der Waals surface area contributed by atoms with Crippen molar-refractivity contribution in [2.45, 2.75) is 18.7 Å². The van der Waals surface area contributed by atoms with Gasteiger partial charge >= 0.3 is 11.9 Å². The number of ether oxygens (including phenoxy) is 3. The third-order valence-electron chi connectivity index (χ3n) is 5.45. The molecule has 0 aromatic heterocycles. The summed E-state index contributed by atoms with van der Waals surface area (Å²) < 4.78 is 43.1. The zero-order valence-electron chi connectivity index (χ0n) is 21.4. The van der Waals surface area contributed by atoms with Crippen LogP contribution in [0, 0.1) is 6.92 Å². The standard InChI is InChI=1S/C27H28N2O8S/c1-5-37-21-11-13-22(14-12-21)38(33,34)29(20-9-6-18(2)7-10-20)17-25(30)28-24-16-19(26(31)35-3)8-15-23(24)27(32)36-4/h6-16H,5,17H2,1-4H3,(H,28,30). The minimum absolute atomic E-state index is 0.0234. The van der Waals surface area contributed by atoms with Crippen molar-refractivity contribution in [3.63, 3.8) is 0 Å². The molecule has 3 aromatic rings. The van der Waals surface area contributed by atoms with E-state index in [0.29, 0.717) is 12.4 Å². The van der Waals surface area contributed by atoms with Gasteiger partial charge in [0.15, 0.2) is 0 Å². The first-order valence-electron chi connectivity index (χ1n) is 11.5. The summed E-state index contributed by atoms with van der Waals surface area (Å²) in [7, 11) is -1.83. The summed E-state index contributed by atoms with van der Waals surface area (Å²) in [6.07, 6.45) is 0. The van der Waals surface area contributed by atoms with Crippen molar-refractivity contribution in [1.29, 1.82) is 0 Å². The molecule has 1 amide bonds. The lowest BCUT2D eigenvalue weighted by Crippen LogP contribution is -2.38. The van der Waals surface area contributed by atoms with Crippen LogP contribution in [-0.4, -0.2) is 53.6 Å². The van der Waals surface area contributed by atoms with E-state index in [1.165, 1.54) is 56.7 Å². The lowest BCUT2D eigenvalue weighted by atomic mass is 10.1. The Kier molecular flexibility index (Phi) is 9.08. The van der Waals surface area contributed by atoms with Crippen LogP contribution in [-0.2, 0) is 24.3 Å². The first-order valence-corrected chi connectivity index (χ1v) is 13.0. The quantitative estimate of drug-likeness (QED) is 0.385. The number of carbonyl (C=O) groups is 3. The Balaban J connectivity index is 1.98. The molecule has 1 N–H and O–H groups in total. The number of hydrogen-bond acceptors (Lipinski definition) is 8. The number of nitrogens with one attached hydrogen (secondary N) is 1. The van der Waals surface area contributed by atoms with E-state index in [1.54, 1.807) is 24.3 Å². The maximum absolute atomic E-state index is 13.6. The van der Waals surface area contributed by atoms with E-state index >= 15 is 0 Å². The molecule has 3 aromatic carbocycles. The Hall–Kier alpha value is -4.38. The number of sulfonamides is 1. The van der Waals surface area contributed by atoms with Crippen LogP contribution in [0.5, 0.6) is 5.75 Å². The van der Waals surface area contributed by atoms with Crippen molar-refractivity contribution >= 4 is 39.2 Å². The topological polar surface area (TPSA) is 128 Å². The molecule has 0 unspecified atom stereocenters. The van der Waals surface area contributed by atoms with Crippen LogP contribution in [0.15, 0.2) is 71.6 Å². The first-order chi connectivity index (χ1) is 18.1. The molecule has 0 aliphatic heterocycles. The number of benzene rings is 3. The molecule has 200 valence electrons. The molecule has 0 aliphatic carbocycles. The molecule has 0 spiro atoms. The summed E-state index contributed by atoms with van der Waals surface area (Å²) in [5.41, 5.74) is 1.18. The minimum Gasteiger partial charge on any atom is -0.494 e. The van der Waals surface area contributed by atoms with Crippen molar-refractivity contribution < 1.29 is 37.0 Å². The maximum Gasteiger partial charge on any atom is 0.339 e. The Morgan fingerprint density at radius 1 is 0.868 bits per heavy atom. The molecule has 0 radical (unpaired) electrons. The van der Waals surface area contributed by atoms with Gasteiger partial charge in [-0.1, -0.05) is 17.7 Å². The maximum atomic E-state index is 13.6. The second kappa shape index (κ2) is 12.2. The molecule has 10 nitrogen and oxygen atoms in total. The number of methoxy groups -OCH3 is 2. The lowest BCUT2D eigenvalue weighted by Gasteiger charge is -2.24. The number of amides is 1. The summed E-state index contributed by atoms with van der Waals surface area (Å²) in [5, 5.41) is 2.53. The van der Waals surface area contributed by atoms with Crippen molar-refractivity contribution in [3.8, 4) is 5.75 Å². The number of carbonyl (C=O) groups excluding carboxylic acids is 3. The van der Waals surface area contributed by atoms with Crippen molar-refractivity contribution in [2.24, 2.45) is 0 Å². The molecule has 0 atom stereocenters. The highest BCUT2D eigenvalue weighted by molar-refractivity contribution is 7.92. The van der Waals surface area contributed by atoms with E-state index in [0.717, 1.165) is 9.87 Å². The van der Waals surface area contributed by atoms with Crippen LogP contribution in [0.25, 0.3) is 0 Å². The number of nitrogens with zero attached hydrogens (tertiary/aromatic N) is 1. The average Bonchev–Trinajstić information content (AvgIpc) is 2.91. The Labute approximate surface area is 221 Å². The van der Waals surface area contributed by atoms with Gasteiger partial charge in [-0.25, -0.2) is 18.0 Å². The summed E-state index contributed by atoms with van der Waals surface area (Å²) in [6.45, 7) is 3.47. The van der Waals surface area contributed by atoms with E-state index in [9.17, 15) is 22.8 Å². The molecule has 0 bridgehead atoms. The number of aryl methyl sites for hydroxylation is 1. The third-order valence-corrected chi connectivity index (χ3v) is 7.24. The van der Waals surface area contributed by atoms with E-state index in [1.807, 2.05) is 13.8 Å². The Morgan fingerprint density at radius 2 is 1.50 bits per heavy atom. The van der Waals surface area contributed by atoms with Gasteiger partial charge in [-0.2, -0.15) is 0 Å². The fraction of sp³-hybridized carbons (Fsp3) is 0.222. The van der Waals surface area contributed by atoms with Crippen LogP contribution in [0.4, 0.5) is 11.4 Å². The van der Waals surface area contributed by atoms with Crippen molar-refractivity contribution in [2.75, 3.05) is 37.0 Å². The van der Waals surface area contributed by atoms with E-state index in [4.69, 9.17) is 14.2 Å². The first kappa shape index (κ1) is 28.2. The highest BCUT2D eigenvalue weighted by atomic mass is 32.2. The normalized spacial score (nSPS) is 10.8. The molecule has 0 fully saturated rings. The lowest BCUT2D eigenvalue weighted by molar-refractivity contribution is -0.114. The van der Waals surface area contributed by atoms with Gasteiger partial charge in [-0.05, 0) is 68.4 Å². The summed E-state index contributed by atoms with van der Waals surface area (Å²) in [5.74, 6) is -1.69. The van der Waals surface area contributed by atoms with Gasteiger partial charge < -0.3 is 19.5 Å². The second-order valence-corrected chi connectivity index (χ2v) is 9.91. The van der Waals surface area contributed by atoms with Crippen LogP contribution in [0.1, 0.15) is 33.2 Å². The number of rotatable bonds is 10. The summed E-state index contributed by atoms with van der Waals surface area (Å²) >= 11 is 0. The zero-order chi connectivity index (χ0) is 27.9. The Morgan fingerprint density at radius 3 is 2.08 bits per heavy atom. The second-order valence-electron chi connectivity index (χ2n) is 8.04.